The summed E-state index contributed by atoms with van der Waals surface area (Å²) in [6.07, 6.45) is 1.78. The molecule has 0 aliphatic rings. The second-order valence-electron chi connectivity index (χ2n) is 7.38. The lowest BCUT2D eigenvalue weighted by atomic mass is 10.00. The zero-order chi connectivity index (χ0) is 21.0. The van der Waals surface area contributed by atoms with Crippen molar-refractivity contribution in [1.29, 1.82) is 0 Å². The molecule has 0 amide bonds. The van der Waals surface area contributed by atoms with Crippen LogP contribution in [0.15, 0.2) is 108 Å². The summed E-state index contributed by atoms with van der Waals surface area (Å²) in [5.41, 5.74) is 7.84. The normalized spacial score (nSPS) is 10.9. The first kappa shape index (κ1) is 19.5. The molecule has 5 aromatic rings. The number of halogens is 1. The van der Waals surface area contributed by atoms with Gasteiger partial charge in [-0.05, 0) is 46.0 Å². The van der Waals surface area contributed by atoms with E-state index in [1.807, 2.05) is 24.3 Å². The Bertz CT molecular complexity index is 1310. The highest BCUT2D eigenvalue weighted by atomic mass is 79.9. The fourth-order valence-corrected chi connectivity index (χ4v) is 3.91. The molecule has 150 valence electrons. The predicted molar refractivity (Wildman–Crippen MR) is 132 cm³/mol. The molecule has 0 radical (unpaired) electrons. The molecule has 0 fully saturated rings. The summed E-state index contributed by atoms with van der Waals surface area (Å²) in [6.45, 7) is 0.698. The summed E-state index contributed by atoms with van der Waals surface area (Å²) >= 11 is 3.47. The number of hydrogen-bond acceptors (Lipinski definition) is 3. The van der Waals surface area contributed by atoms with E-state index in [4.69, 9.17) is 0 Å². The molecule has 3 nitrogen and oxygen atoms in total. The van der Waals surface area contributed by atoms with Gasteiger partial charge in [0.05, 0.1) is 17.2 Å². The van der Waals surface area contributed by atoms with Crippen molar-refractivity contribution in [2.75, 3.05) is 5.32 Å². The van der Waals surface area contributed by atoms with Crippen LogP contribution in [0.2, 0.25) is 0 Å². The summed E-state index contributed by atoms with van der Waals surface area (Å²) in [6, 6.07) is 33.7. The molecule has 0 saturated carbocycles. The van der Waals surface area contributed by atoms with Crippen LogP contribution < -0.4 is 5.32 Å². The minimum atomic E-state index is 0.698. The maximum absolute atomic E-state index is 4.64. The lowest BCUT2D eigenvalue weighted by Crippen LogP contribution is -2.02. The summed E-state index contributed by atoms with van der Waals surface area (Å²) in [4.78, 5) is 9.12. The third-order valence-electron chi connectivity index (χ3n) is 5.26. The Balaban J connectivity index is 1.26. The van der Waals surface area contributed by atoms with Crippen LogP contribution in [0.4, 0.5) is 5.82 Å². The topological polar surface area (TPSA) is 37.8 Å². The maximum Gasteiger partial charge on any atom is 0.145 e. The van der Waals surface area contributed by atoms with Crippen LogP contribution in [0, 0.1) is 0 Å². The van der Waals surface area contributed by atoms with E-state index in [-0.39, 0.29) is 0 Å². The number of rotatable bonds is 5. The van der Waals surface area contributed by atoms with Gasteiger partial charge < -0.3 is 5.32 Å². The van der Waals surface area contributed by atoms with E-state index in [1.54, 1.807) is 6.20 Å². The molecule has 0 aliphatic carbocycles. The van der Waals surface area contributed by atoms with Crippen molar-refractivity contribution in [2.24, 2.45) is 0 Å². The molecule has 1 N–H and O–H groups in total. The van der Waals surface area contributed by atoms with E-state index < -0.39 is 0 Å². The number of fused-ring (bicyclic) bond motifs is 1. The summed E-state index contributed by atoms with van der Waals surface area (Å²) in [5.74, 6) is 0.774. The van der Waals surface area contributed by atoms with Crippen molar-refractivity contribution in [3.8, 4) is 22.3 Å². The Hall–Kier alpha value is -3.50. The molecular formula is C27H20BrN3. The van der Waals surface area contributed by atoms with Crippen LogP contribution in [0.25, 0.3) is 33.3 Å². The average molecular weight is 466 g/mol. The Morgan fingerprint density at radius 1 is 0.645 bits per heavy atom. The molecule has 0 spiro atoms. The standard InChI is InChI=1S/C27H20BrN3/c28-24-14-15-25-26(16-24)29-18-27(31-25)30-17-19-6-8-21(9-7-19)23-12-10-22(11-13-23)20-4-2-1-3-5-20/h1-16,18H,17H2,(H,30,31). The number of benzene rings is 4. The molecule has 0 aliphatic heterocycles. The summed E-state index contributed by atoms with van der Waals surface area (Å²) < 4.78 is 1.00. The van der Waals surface area contributed by atoms with Gasteiger partial charge in [-0.3, -0.25) is 4.98 Å². The second-order valence-corrected chi connectivity index (χ2v) is 8.30. The Kier molecular flexibility index (Phi) is 5.46. The lowest BCUT2D eigenvalue weighted by Gasteiger charge is -2.08. The smallest absolute Gasteiger partial charge is 0.145 e. The molecule has 0 unspecified atom stereocenters. The Labute approximate surface area is 190 Å². The van der Waals surface area contributed by atoms with Crippen molar-refractivity contribution in [1.82, 2.24) is 9.97 Å². The zero-order valence-electron chi connectivity index (χ0n) is 16.8. The van der Waals surface area contributed by atoms with Crippen LogP contribution >= 0.6 is 15.9 Å². The maximum atomic E-state index is 4.64. The zero-order valence-corrected chi connectivity index (χ0v) is 18.4. The molecule has 0 bridgehead atoms. The molecule has 4 heteroatoms. The summed E-state index contributed by atoms with van der Waals surface area (Å²) in [7, 11) is 0. The van der Waals surface area contributed by atoms with E-state index in [0.717, 1.165) is 21.3 Å². The first-order valence-electron chi connectivity index (χ1n) is 10.2. The fourth-order valence-electron chi connectivity index (χ4n) is 3.56. The monoisotopic (exact) mass is 465 g/mol. The minimum Gasteiger partial charge on any atom is -0.365 e. The second kappa shape index (κ2) is 8.70. The molecule has 31 heavy (non-hydrogen) atoms. The number of nitrogens with one attached hydrogen (secondary N) is 1. The van der Waals surface area contributed by atoms with Crippen molar-refractivity contribution >= 4 is 32.8 Å². The average Bonchev–Trinajstić information content (AvgIpc) is 2.84. The lowest BCUT2D eigenvalue weighted by molar-refractivity contribution is 1.11. The van der Waals surface area contributed by atoms with Gasteiger partial charge in [0.1, 0.15) is 5.82 Å². The van der Waals surface area contributed by atoms with Crippen LogP contribution in [0.3, 0.4) is 0 Å². The third-order valence-corrected chi connectivity index (χ3v) is 5.75. The van der Waals surface area contributed by atoms with Gasteiger partial charge in [-0.2, -0.15) is 0 Å². The molecule has 4 aromatic carbocycles. The number of hydrogen-bond donors (Lipinski definition) is 1. The van der Waals surface area contributed by atoms with Gasteiger partial charge in [0.2, 0.25) is 0 Å². The van der Waals surface area contributed by atoms with Crippen molar-refractivity contribution in [3.05, 3.63) is 113 Å². The van der Waals surface area contributed by atoms with E-state index in [2.05, 4.69) is 104 Å². The van der Waals surface area contributed by atoms with E-state index in [9.17, 15) is 0 Å². The number of aromatic nitrogens is 2. The molecule has 5 rings (SSSR count). The van der Waals surface area contributed by atoms with Gasteiger partial charge >= 0.3 is 0 Å². The van der Waals surface area contributed by atoms with Crippen LogP contribution in [0.1, 0.15) is 5.56 Å². The highest BCUT2D eigenvalue weighted by molar-refractivity contribution is 9.10. The van der Waals surface area contributed by atoms with E-state index in [0.29, 0.717) is 6.54 Å². The van der Waals surface area contributed by atoms with Crippen LogP contribution in [-0.4, -0.2) is 9.97 Å². The van der Waals surface area contributed by atoms with Crippen LogP contribution in [-0.2, 0) is 6.54 Å². The van der Waals surface area contributed by atoms with Gasteiger partial charge in [-0.15, -0.1) is 0 Å². The first-order valence-corrected chi connectivity index (χ1v) is 10.9. The largest absolute Gasteiger partial charge is 0.365 e. The summed E-state index contributed by atoms with van der Waals surface area (Å²) in [5, 5.41) is 3.37. The molecule has 0 saturated heterocycles. The quantitative estimate of drug-likeness (QED) is 0.295. The van der Waals surface area contributed by atoms with Gasteiger partial charge in [-0.25, -0.2) is 4.98 Å². The van der Waals surface area contributed by atoms with Gasteiger partial charge in [0.25, 0.3) is 0 Å². The van der Waals surface area contributed by atoms with Gasteiger partial charge in [0, 0.05) is 11.0 Å². The highest BCUT2D eigenvalue weighted by Crippen LogP contribution is 2.25. The fraction of sp³-hybridized carbons (Fsp3) is 0.0370. The van der Waals surface area contributed by atoms with Crippen molar-refractivity contribution < 1.29 is 0 Å². The van der Waals surface area contributed by atoms with Gasteiger partial charge in [0.15, 0.2) is 0 Å². The minimum absolute atomic E-state index is 0.698. The Morgan fingerprint density at radius 2 is 1.26 bits per heavy atom. The van der Waals surface area contributed by atoms with Crippen molar-refractivity contribution in [2.45, 2.75) is 6.54 Å². The van der Waals surface area contributed by atoms with Gasteiger partial charge in [-0.1, -0.05) is 94.8 Å². The molecule has 0 atom stereocenters. The highest BCUT2D eigenvalue weighted by Gasteiger charge is 2.03. The van der Waals surface area contributed by atoms with E-state index in [1.165, 1.54) is 27.8 Å². The molecule has 1 heterocycles. The molecule has 1 aromatic heterocycles. The van der Waals surface area contributed by atoms with Crippen molar-refractivity contribution in [3.63, 3.8) is 0 Å². The van der Waals surface area contributed by atoms with Crippen LogP contribution in [0.5, 0.6) is 0 Å². The number of anilines is 1. The van der Waals surface area contributed by atoms with E-state index >= 15 is 0 Å². The predicted octanol–water partition coefficient (Wildman–Crippen LogP) is 7.34. The SMILES string of the molecule is Brc1ccc2nc(NCc3ccc(-c4ccc(-c5ccccc5)cc4)cc3)cnc2c1. The number of nitrogens with zero attached hydrogens (tertiary/aromatic N) is 2. The first-order chi connectivity index (χ1) is 15.2. The Morgan fingerprint density at radius 3 is 1.94 bits per heavy atom. The molecular weight excluding hydrogens is 446 g/mol. The third kappa shape index (κ3) is 4.49.